The third-order valence-electron chi connectivity index (χ3n) is 6.74. The van der Waals surface area contributed by atoms with Gasteiger partial charge in [0.05, 0.1) is 12.2 Å². The molecule has 0 spiro atoms. The van der Waals surface area contributed by atoms with Gasteiger partial charge in [0.2, 0.25) is 0 Å². The molecule has 0 atom stereocenters. The summed E-state index contributed by atoms with van der Waals surface area (Å²) < 4.78 is 9.40. The number of ether oxygens (including phenoxy) is 1. The van der Waals surface area contributed by atoms with Crippen molar-refractivity contribution in [3.63, 3.8) is 0 Å². The van der Waals surface area contributed by atoms with Gasteiger partial charge in [-0.15, -0.1) is 0 Å². The van der Waals surface area contributed by atoms with Crippen LogP contribution in [0.3, 0.4) is 0 Å². The second-order valence-corrected chi connectivity index (χ2v) is 9.47. The zero-order valence-corrected chi connectivity index (χ0v) is 21.3. The quantitative estimate of drug-likeness (QED) is 0.353. The zero-order valence-electron chi connectivity index (χ0n) is 21.3. The van der Waals surface area contributed by atoms with Crippen LogP contribution in [-0.4, -0.2) is 39.5 Å². The number of nitrogens with two attached hydrogens (primary N) is 1. The lowest BCUT2D eigenvalue weighted by atomic mass is 10.0. The highest BCUT2D eigenvalue weighted by Gasteiger charge is 2.20. The van der Waals surface area contributed by atoms with Gasteiger partial charge in [0.1, 0.15) is 11.3 Å². The summed E-state index contributed by atoms with van der Waals surface area (Å²) in [6, 6.07) is 9.57. The van der Waals surface area contributed by atoms with Gasteiger partial charge in [-0.1, -0.05) is 18.2 Å². The van der Waals surface area contributed by atoms with E-state index in [-0.39, 0.29) is 17.2 Å². The van der Waals surface area contributed by atoms with E-state index in [4.69, 9.17) is 10.5 Å². The van der Waals surface area contributed by atoms with Gasteiger partial charge in [-0.3, -0.25) is 14.6 Å². The van der Waals surface area contributed by atoms with Gasteiger partial charge in [-0.25, -0.2) is 0 Å². The lowest BCUT2D eigenvalue weighted by Crippen LogP contribution is -2.45. The van der Waals surface area contributed by atoms with Gasteiger partial charge < -0.3 is 29.9 Å². The van der Waals surface area contributed by atoms with Crippen molar-refractivity contribution in [3.8, 4) is 22.6 Å². The Labute approximate surface area is 213 Å². The number of para-hydroxylation sites is 1. The highest BCUT2D eigenvalue weighted by Crippen LogP contribution is 2.38. The number of hydrogen-bond acceptors (Lipinski definition) is 6. The predicted molar refractivity (Wildman–Crippen MR) is 148 cm³/mol. The molecule has 9 heteroatoms. The molecule has 1 aromatic carbocycles. The smallest absolute Gasteiger partial charge is 0.274 e. The number of aliphatic imine (C=N–C) groups is 1. The molecule has 0 amide bonds. The summed E-state index contributed by atoms with van der Waals surface area (Å²) in [6.45, 7) is 5.62. The van der Waals surface area contributed by atoms with Crippen molar-refractivity contribution >= 4 is 22.7 Å². The van der Waals surface area contributed by atoms with Crippen molar-refractivity contribution in [3.05, 3.63) is 86.5 Å². The molecule has 0 radical (unpaired) electrons. The third-order valence-corrected chi connectivity index (χ3v) is 6.74. The summed E-state index contributed by atoms with van der Waals surface area (Å²) in [5.74, 6) is 1.24. The monoisotopic (exact) mass is 498 g/mol. The SMILES string of the molecule is Cc1cccc(C)c1Oc1cn(C)c(=O)cc1-c1cn(C)c(=O)c2[nH]c(C(C=NC3CNC3)=CN)cc12. The van der Waals surface area contributed by atoms with Crippen LogP contribution in [0.1, 0.15) is 16.8 Å². The average molecular weight is 499 g/mol. The summed E-state index contributed by atoms with van der Waals surface area (Å²) >= 11 is 0. The fourth-order valence-electron chi connectivity index (χ4n) is 4.44. The maximum absolute atomic E-state index is 13.1. The molecule has 1 aliphatic rings. The summed E-state index contributed by atoms with van der Waals surface area (Å²) in [5, 5.41) is 3.85. The van der Waals surface area contributed by atoms with E-state index in [1.165, 1.54) is 15.3 Å². The molecule has 0 bridgehead atoms. The first-order valence-corrected chi connectivity index (χ1v) is 12.1. The van der Waals surface area contributed by atoms with Gasteiger partial charge in [0.15, 0.2) is 5.75 Å². The number of aromatic nitrogens is 3. The Morgan fingerprint density at radius 2 is 1.81 bits per heavy atom. The molecule has 0 unspecified atom stereocenters. The number of aryl methyl sites for hydroxylation is 4. The van der Waals surface area contributed by atoms with Gasteiger partial charge in [-0.05, 0) is 31.0 Å². The minimum atomic E-state index is -0.192. The maximum Gasteiger partial charge on any atom is 0.274 e. The highest BCUT2D eigenvalue weighted by atomic mass is 16.5. The topological polar surface area (TPSA) is 119 Å². The van der Waals surface area contributed by atoms with E-state index in [0.717, 1.165) is 30.0 Å². The molecule has 1 fully saturated rings. The van der Waals surface area contributed by atoms with Gasteiger partial charge >= 0.3 is 0 Å². The van der Waals surface area contributed by atoms with Crippen LogP contribution in [0.15, 0.2) is 63.5 Å². The van der Waals surface area contributed by atoms with Crippen molar-refractivity contribution in [1.29, 1.82) is 0 Å². The Morgan fingerprint density at radius 3 is 2.46 bits per heavy atom. The van der Waals surface area contributed by atoms with Crippen LogP contribution < -0.4 is 26.9 Å². The van der Waals surface area contributed by atoms with Crippen LogP contribution in [0, 0.1) is 13.8 Å². The third kappa shape index (κ3) is 4.49. The number of allylic oxidation sites excluding steroid dienone is 1. The normalized spacial score (nSPS) is 14.4. The summed E-state index contributed by atoms with van der Waals surface area (Å²) in [4.78, 5) is 33.6. The van der Waals surface area contributed by atoms with Gasteiger partial charge in [0, 0.05) is 79.6 Å². The first kappa shape index (κ1) is 24.3. The van der Waals surface area contributed by atoms with Crippen molar-refractivity contribution in [2.45, 2.75) is 19.9 Å². The number of fused-ring (bicyclic) bond motifs is 1. The zero-order chi connectivity index (χ0) is 26.3. The average Bonchev–Trinajstić information content (AvgIpc) is 3.28. The van der Waals surface area contributed by atoms with E-state index in [2.05, 4.69) is 15.3 Å². The number of rotatable bonds is 6. The minimum Gasteiger partial charge on any atom is -0.455 e. The molecule has 5 rings (SSSR count). The molecular formula is C28H30N6O3. The van der Waals surface area contributed by atoms with Gasteiger partial charge in [0.25, 0.3) is 11.1 Å². The first-order chi connectivity index (χ1) is 17.8. The van der Waals surface area contributed by atoms with Crippen LogP contribution in [0.25, 0.3) is 27.6 Å². The number of aromatic amines is 1. The van der Waals surface area contributed by atoms with E-state index in [1.807, 2.05) is 38.1 Å². The lowest BCUT2D eigenvalue weighted by molar-refractivity contribution is 0.449. The second-order valence-electron chi connectivity index (χ2n) is 9.47. The standard InChI is InChI=1S/C28H30N6O3/c1-16-6-5-7-17(2)27(16)37-24-15-33(3)25(35)9-20(24)22-14-34(4)28(36)26-21(22)8-23(32-26)18(10-29)11-31-19-12-30-13-19/h5-11,14-15,19,30,32H,12-13,29H2,1-4H3. The molecule has 190 valence electrons. The summed E-state index contributed by atoms with van der Waals surface area (Å²) in [7, 11) is 3.37. The number of nitrogens with one attached hydrogen (secondary N) is 2. The maximum atomic E-state index is 13.1. The number of nitrogens with zero attached hydrogens (tertiary/aromatic N) is 3. The van der Waals surface area contributed by atoms with Crippen LogP contribution in [0.4, 0.5) is 0 Å². The molecule has 37 heavy (non-hydrogen) atoms. The molecule has 1 aliphatic heterocycles. The van der Waals surface area contributed by atoms with Crippen LogP contribution in [-0.2, 0) is 14.1 Å². The fraction of sp³-hybridized carbons (Fsp3) is 0.250. The van der Waals surface area contributed by atoms with E-state index in [0.29, 0.717) is 39.0 Å². The lowest BCUT2D eigenvalue weighted by Gasteiger charge is -2.22. The Bertz CT molecular complexity index is 1660. The molecule has 4 aromatic rings. The number of pyridine rings is 2. The molecule has 9 nitrogen and oxygen atoms in total. The number of hydrogen-bond donors (Lipinski definition) is 3. The molecular weight excluding hydrogens is 468 g/mol. The Morgan fingerprint density at radius 1 is 1.08 bits per heavy atom. The Balaban J connectivity index is 1.69. The van der Waals surface area contributed by atoms with E-state index in [1.54, 1.807) is 38.8 Å². The Kier molecular flexibility index (Phi) is 6.31. The number of H-pyrrole nitrogens is 1. The van der Waals surface area contributed by atoms with Crippen molar-refractivity contribution < 1.29 is 4.74 Å². The van der Waals surface area contributed by atoms with E-state index >= 15 is 0 Å². The number of benzene rings is 1. The molecule has 0 aliphatic carbocycles. The minimum absolute atomic E-state index is 0.189. The van der Waals surface area contributed by atoms with Crippen LogP contribution >= 0.6 is 0 Å². The largest absolute Gasteiger partial charge is 0.455 e. The summed E-state index contributed by atoms with van der Waals surface area (Å²) in [5.41, 5.74) is 10.5. The molecule has 4 heterocycles. The molecule has 3 aromatic heterocycles. The van der Waals surface area contributed by atoms with Crippen molar-refractivity contribution in [2.24, 2.45) is 24.8 Å². The predicted octanol–water partition coefficient (Wildman–Crippen LogP) is 2.98. The van der Waals surface area contributed by atoms with E-state index in [9.17, 15) is 9.59 Å². The van der Waals surface area contributed by atoms with Crippen molar-refractivity contribution in [1.82, 2.24) is 19.4 Å². The molecule has 4 N–H and O–H groups in total. The summed E-state index contributed by atoms with van der Waals surface area (Å²) in [6.07, 6.45) is 6.61. The van der Waals surface area contributed by atoms with E-state index < -0.39 is 0 Å². The van der Waals surface area contributed by atoms with Crippen LogP contribution in [0.5, 0.6) is 11.5 Å². The Hall–Kier alpha value is -4.37. The van der Waals surface area contributed by atoms with Gasteiger partial charge in [-0.2, -0.15) is 0 Å². The van der Waals surface area contributed by atoms with Crippen LogP contribution in [0.2, 0.25) is 0 Å². The highest BCUT2D eigenvalue weighted by molar-refractivity contribution is 6.11. The first-order valence-electron chi connectivity index (χ1n) is 12.1. The second kappa shape index (κ2) is 9.59. The molecule has 1 saturated heterocycles. The fourth-order valence-corrected chi connectivity index (χ4v) is 4.44. The molecule has 0 saturated carbocycles. The van der Waals surface area contributed by atoms with Crippen molar-refractivity contribution in [2.75, 3.05) is 13.1 Å².